The Bertz CT molecular complexity index is 1670. The largest absolute Gasteiger partial charge is 0.497 e. The van der Waals surface area contributed by atoms with Crippen LogP contribution in [0.4, 0.5) is 5.69 Å². The van der Waals surface area contributed by atoms with E-state index in [4.69, 9.17) is 21.1 Å². The first-order valence-electron chi connectivity index (χ1n) is 13.0. The molecule has 0 spiro atoms. The van der Waals surface area contributed by atoms with Crippen LogP contribution in [0.25, 0.3) is 0 Å². The van der Waals surface area contributed by atoms with Gasteiger partial charge in [0.25, 0.3) is 11.8 Å². The maximum atomic E-state index is 13.4. The minimum atomic E-state index is -4.02. The Labute approximate surface area is 254 Å². The lowest BCUT2D eigenvalue weighted by Gasteiger charge is -2.21. The number of methoxy groups -OCH3 is 1. The Hall–Kier alpha value is -4.71. The van der Waals surface area contributed by atoms with Gasteiger partial charge in [-0.1, -0.05) is 54.1 Å². The van der Waals surface area contributed by atoms with Crippen molar-refractivity contribution in [2.45, 2.75) is 11.4 Å². The molecule has 2 amide bonds. The van der Waals surface area contributed by atoms with Crippen molar-refractivity contribution in [2.75, 3.05) is 25.6 Å². The van der Waals surface area contributed by atoms with E-state index in [2.05, 4.69) is 15.8 Å². The van der Waals surface area contributed by atoms with Crippen LogP contribution in [-0.2, 0) is 26.2 Å². The molecule has 4 aromatic carbocycles. The molecule has 0 aromatic heterocycles. The van der Waals surface area contributed by atoms with Crippen molar-refractivity contribution in [2.24, 2.45) is 5.10 Å². The van der Waals surface area contributed by atoms with Gasteiger partial charge in [-0.15, -0.1) is 0 Å². The van der Waals surface area contributed by atoms with Crippen LogP contribution in [0.2, 0.25) is 5.02 Å². The minimum absolute atomic E-state index is 0.00971. The van der Waals surface area contributed by atoms with Crippen LogP contribution in [0.5, 0.6) is 11.5 Å². The van der Waals surface area contributed by atoms with Crippen LogP contribution in [0, 0.1) is 0 Å². The van der Waals surface area contributed by atoms with E-state index in [0.29, 0.717) is 27.8 Å². The molecule has 0 aliphatic rings. The van der Waals surface area contributed by atoms with Crippen molar-refractivity contribution >= 4 is 45.3 Å². The van der Waals surface area contributed by atoms with Gasteiger partial charge in [0.05, 0.1) is 35.5 Å². The average molecular weight is 621 g/mol. The molecule has 0 atom stereocenters. The van der Waals surface area contributed by atoms with Crippen LogP contribution >= 0.6 is 11.6 Å². The Kier molecular flexibility index (Phi) is 10.9. The summed E-state index contributed by atoms with van der Waals surface area (Å²) in [5, 5.41) is 7.06. The standard InChI is InChI=1S/C31H29ClN4O6S/c1-41-25-15-17-27(18-16-25)43(39,40)36(20-24-7-3-2-4-8-24)21-30(37)35-33-19-23-11-13-26(14-12-23)42-22-31(38)34-29-10-6-5-9-28(29)32/h2-19H,20-22H2,1H3,(H,34,38)(H,35,37)/b33-19-. The number of hydrazone groups is 1. The Balaban J connectivity index is 1.33. The van der Waals surface area contributed by atoms with Crippen molar-refractivity contribution in [1.29, 1.82) is 0 Å². The number of carbonyl (C=O) groups is 2. The monoisotopic (exact) mass is 620 g/mol. The predicted octanol–water partition coefficient (Wildman–Crippen LogP) is 4.71. The lowest BCUT2D eigenvalue weighted by molar-refractivity contribution is -0.121. The zero-order valence-electron chi connectivity index (χ0n) is 23.1. The number of nitrogens with zero attached hydrogens (tertiary/aromatic N) is 2. The zero-order chi connectivity index (χ0) is 30.7. The fourth-order valence-electron chi connectivity index (χ4n) is 3.83. The molecule has 0 fully saturated rings. The second kappa shape index (κ2) is 15.0. The number of halogens is 1. The molecule has 0 heterocycles. The van der Waals surface area contributed by atoms with Crippen LogP contribution in [0.3, 0.4) is 0 Å². The number of hydrogen-bond donors (Lipinski definition) is 2. The van der Waals surface area contributed by atoms with Crippen molar-refractivity contribution in [3.8, 4) is 11.5 Å². The number of para-hydroxylation sites is 1. The van der Waals surface area contributed by atoms with Crippen molar-refractivity contribution < 1.29 is 27.5 Å². The van der Waals surface area contributed by atoms with E-state index in [0.717, 1.165) is 9.87 Å². The van der Waals surface area contributed by atoms with Crippen LogP contribution in [0.1, 0.15) is 11.1 Å². The second-order valence-corrected chi connectivity index (χ2v) is 11.5. The molecule has 0 saturated carbocycles. The topological polar surface area (TPSA) is 126 Å². The van der Waals surface area contributed by atoms with E-state index in [1.54, 1.807) is 84.9 Å². The fraction of sp³-hybridized carbons (Fsp3) is 0.129. The van der Waals surface area contributed by atoms with Crippen molar-refractivity contribution in [3.63, 3.8) is 0 Å². The number of hydrogen-bond acceptors (Lipinski definition) is 7. The molecule has 2 N–H and O–H groups in total. The van der Waals surface area contributed by atoms with Gasteiger partial charge < -0.3 is 14.8 Å². The first-order valence-corrected chi connectivity index (χ1v) is 14.8. The molecule has 4 rings (SSSR count). The number of sulfonamides is 1. The number of anilines is 1. The fourth-order valence-corrected chi connectivity index (χ4v) is 5.40. The Morgan fingerprint density at radius 1 is 0.860 bits per heavy atom. The van der Waals surface area contributed by atoms with Gasteiger partial charge in [0.15, 0.2) is 6.61 Å². The average Bonchev–Trinajstić information content (AvgIpc) is 3.02. The molecule has 43 heavy (non-hydrogen) atoms. The van der Waals surface area contributed by atoms with Gasteiger partial charge in [-0.3, -0.25) is 9.59 Å². The molecule has 0 unspecified atom stereocenters. The summed E-state index contributed by atoms with van der Waals surface area (Å²) < 4.78 is 38.6. The minimum Gasteiger partial charge on any atom is -0.497 e. The summed E-state index contributed by atoms with van der Waals surface area (Å²) in [4.78, 5) is 24.9. The van der Waals surface area contributed by atoms with Gasteiger partial charge in [0, 0.05) is 6.54 Å². The van der Waals surface area contributed by atoms with Crippen molar-refractivity contribution in [1.82, 2.24) is 9.73 Å². The zero-order valence-corrected chi connectivity index (χ0v) is 24.7. The summed E-state index contributed by atoms with van der Waals surface area (Å²) in [5.74, 6) is -0.0135. The number of ether oxygens (including phenoxy) is 2. The summed E-state index contributed by atoms with van der Waals surface area (Å²) in [5.41, 5.74) is 4.24. The molecule has 12 heteroatoms. The smallest absolute Gasteiger partial charge is 0.262 e. The van der Waals surface area contributed by atoms with Gasteiger partial charge >= 0.3 is 0 Å². The quantitative estimate of drug-likeness (QED) is 0.165. The molecular weight excluding hydrogens is 592 g/mol. The van der Waals surface area contributed by atoms with E-state index < -0.39 is 22.5 Å². The van der Waals surface area contributed by atoms with Crippen LogP contribution in [-0.4, -0.2) is 51.0 Å². The lowest BCUT2D eigenvalue weighted by atomic mass is 10.2. The normalized spacial score (nSPS) is 11.3. The molecule has 0 bridgehead atoms. The third kappa shape index (κ3) is 9.14. The second-order valence-electron chi connectivity index (χ2n) is 9.11. The summed E-state index contributed by atoms with van der Waals surface area (Å²) in [6.45, 7) is -0.679. The SMILES string of the molecule is COc1ccc(S(=O)(=O)N(CC(=O)N/N=C\c2ccc(OCC(=O)Nc3ccccc3Cl)cc2)Cc2ccccc2)cc1. The third-order valence-corrected chi connectivity index (χ3v) is 8.16. The van der Waals surface area contributed by atoms with Gasteiger partial charge in [0.2, 0.25) is 10.0 Å². The van der Waals surface area contributed by atoms with Crippen LogP contribution in [0.15, 0.2) is 113 Å². The molecule has 0 saturated heterocycles. The number of rotatable bonds is 13. The summed E-state index contributed by atoms with van der Waals surface area (Å²) in [6, 6.07) is 28.5. The summed E-state index contributed by atoms with van der Waals surface area (Å²) in [6.07, 6.45) is 1.41. The van der Waals surface area contributed by atoms with Crippen LogP contribution < -0.4 is 20.2 Å². The molecule has 222 valence electrons. The Morgan fingerprint density at radius 2 is 1.51 bits per heavy atom. The highest BCUT2D eigenvalue weighted by Crippen LogP contribution is 2.22. The number of benzene rings is 4. The molecule has 0 aliphatic heterocycles. The number of amides is 2. The van der Waals surface area contributed by atoms with Gasteiger partial charge in [-0.2, -0.15) is 9.41 Å². The molecular formula is C31H29ClN4O6S. The van der Waals surface area contributed by atoms with E-state index in [-0.39, 0.29) is 24.0 Å². The summed E-state index contributed by atoms with van der Waals surface area (Å²) in [7, 11) is -2.53. The first-order chi connectivity index (χ1) is 20.7. The highest BCUT2D eigenvalue weighted by atomic mass is 35.5. The van der Waals surface area contributed by atoms with Gasteiger partial charge in [-0.05, 0) is 71.8 Å². The van der Waals surface area contributed by atoms with E-state index in [1.165, 1.54) is 25.5 Å². The Morgan fingerprint density at radius 3 is 2.19 bits per heavy atom. The molecule has 0 aliphatic carbocycles. The molecule has 4 aromatic rings. The predicted molar refractivity (Wildman–Crippen MR) is 165 cm³/mol. The highest BCUT2D eigenvalue weighted by molar-refractivity contribution is 7.89. The van der Waals surface area contributed by atoms with E-state index >= 15 is 0 Å². The third-order valence-electron chi connectivity index (χ3n) is 6.02. The molecule has 10 nitrogen and oxygen atoms in total. The van der Waals surface area contributed by atoms with Gasteiger partial charge in [-0.25, -0.2) is 13.8 Å². The van der Waals surface area contributed by atoms with Crippen molar-refractivity contribution in [3.05, 3.63) is 119 Å². The number of carbonyl (C=O) groups excluding carboxylic acids is 2. The van der Waals surface area contributed by atoms with Gasteiger partial charge in [0.1, 0.15) is 11.5 Å². The molecule has 0 radical (unpaired) electrons. The first kappa shape index (κ1) is 31.2. The van der Waals surface area contributed by atoms with E-state index in [9.17, 15) is 18.0 Å². The maximum Gasteiger partial charge on any atom is 0.262 e. The maximum absolute atomic E-state index is 13.4. The lowest BCUT2D eigenvalue weighted by Crippen LogP contribution is -2.39. The highest BCUT2D eigenvalue weighted by Gasteiger charge is 2.27. The van der Waals surface area contributed by atoms with E-state index in [1.807, 2.05) is 6.07 Å². The number of nitrogens with one attached hydrogen (secondary N) is 2. The summed E-state index contributed by atoms with van der Waals surface area (Å²) >= 11 is 6.05.